The Balaban J connectivity index is 1.54. The van der Waals surface area contributed by atoms with Crippen molar-refractivity contribution in [3.8, 4) is 16.9 Å². The monoisotopic (exact) mass is 524 g/mol. The van der Waals surface area contributed by atoms with Crippen molar-refractivity contribution in [3.05, 3.63) is 77.8 Å². The minimum absolute atomic E-state index is 0.127. The molecule has 2 aromatic carbocycles. The summed E-state index contributed by atoms with van der Waals surface area (Å²) in [7, 11) is 0. The number of halogens is 5. The molecule has 37 heavy (non-hydrogen) atoms. The van der Waals surface area contributed by atoms with Gasteiger partial charge in [-0.3, -0.25) is 0 Å². The lowest BCUT2D eigenvalue weighted by molar-refractivity contribution is -0.210. The fraction of sp³-hybridized carbons (Fsp3) is 0.273. The average molecular weight is 524 g/mol. The first kappa shape index (κ1) is 24.9. The zero-order valence-corrected chi connectivity index (χ0v) is 18.5. The van der Waals surface area contributed by atoms with E-state index in [9.17, 15) is 37.3 Å². The van der Waals surface area contributed by atoms with Gasteiger partial charge in [-0.1, -0.05) is 11.3 Å². The Morgan fingerprint density at radius 1 is 0.946 bits per heavy atom. The molecule has 0 spiro atoms. The van der Waals surface area contributed by atoms with Crippen LogP contribution in [0.2, 0.25) is 0 Å². The second-order valence-electron chi connectivity index (χ2n) is 8.19. The zero-order chi connectivity index (χ0) is 26.4. The Bertz CT molecular complexity index is 1410. The third-order valence-electron chi connectivity index (χ3n) is 5.97. The molecule has 0 radical (unpaired) electrons. The lowest BCUT2D eigenvalue weighted by Gasteiger charge is -2.41. The number of ether oxygens (including phenoxy) is 1. The van der Waals surface area contributed by atoms with Crippen molar-refractivity contribution in [1.82, 2.24) is 29.8 Å². The van der Waals surface area contributed by atoms with Crippen LogP contribution in [0.15, 0.2) is 42.9 Å². The predicted molar refractivity (Wildman–Crippen MR) is 112 cm³/mol. The van der Waals surface area contributed by atoms with Crippen molar-refractivity contribution in [2.24, 2.45) is 0 Å². The van der Waals surface area contributed by atoms with Gasteiger partial charge >= 0.3 is 0 Å². The molecule has 194 valence electrons. The van der Waals surface area contributed by atoms with Gasteiger partial charge in [-0.05, 0) is 24.3 Å². The SMILES string of the molecule is OC[C@H]1O[C@@H](c2ncnn2-c2c(F)cccc2F)[C@H](O)[C@@H](n2cc(-c3cc(F)c(F)c(F)c3)nn2)[C@H]1O. The summed E-state index contributed by atoms with van der Waals surface area (Å²) in [5.41, 5.74) is -0.904. The minimum Gasteiger partial charge on any atom is -0.394 e. The van der Waals surface area contributed by atoms with Crippen LogP contribution in [0, 0.1) is 29.1 Å². The van der Waals surface area contributed by atoms with Crippen LogP contribution in [-0.4, -0.2) is 70.0 Å². The maximum Gasteiger partial charge on any atom is 0.194 e. The Morgan fingerprint density at radius 3 is 2.27 bits per heavy atom. The molecular weight excluding hydrogens is 507 g/mol. The normalized spacial score (nSPS) is 23.9. The molecule has 0 aliphatic carbocycles. The summed E-state index contributed by atoms with van der Waals surface area (Å²) in [6, 6.07) is 3.11. The van der Waals surface area contributed by atoms with Gasteiger partial charge in [0.1, 0.15) is 48.2 Å². The molecule has 1 aliphatic rings. The summed E-state index contributed by atoms with van der Waals surface area (Å²) in [6.45, 7) is -0.737. The first-order valence-corrected chi connectivity index (χ1v) is 10.7. The molecule has 1 fully saturated rings. The first-order chi connectivity index (χ1) is 17.7. The van der Waals surface area contributed by atoms with E-state index in [4.69, 9.17) is 4.74 Å². The smallest absolute Gasteiger partial charge is 0.194 e. The van der Waals surface area contributed by atoms with E-state index >= 15 is 0 Å². The molecule has 0 saturated carbocycles. The molecule has 3 N–H and O–H groups in total. The lowest BCUT2D eigenvalue weighted by atomic mass is 9.92. The van der Waals surface area contributed by atoms with Gasteiger partial charge in [0.05, 0.1) is 12.8 Å². The first-order valence-electron chi connectivity index (χ1n) is 10.7. The largest absolute Gasteiger partial charge is 0.394 e. The van der Waals surface area contributed by atoms with Gasteiger partial charge in [-0.25, -0.2) is 36.3 Å². The van der Waals surface area contributed by atoms with E-state index < -0.39 is 71.8 Å². The summed E-state index contributed by atoms with van der Waals surface area (Å²) in [5, 5.41) is 43.1. The predicted octanol–water partition coefficient (Wildman–Crippen LogP) is 1.62. The molecule has 4 aromatic rings. The van der Waals surface area contributed by atoms with Gasteiger partial charge in [0.15, 0.2) is 34.9 Å². The van der Waals surface area contributed by atoms with Crippen molar-refractivity contribution in [2.75, 3.05) is 6.61 Å². The number of benzene rings is 2. The Labute approximate surface area is 204 Å². The van der Waals surface area contributed by atoms with Crippen LogP contribution < -0.4 is 0 Å². The van der Waals surface area contributed by atoms with Crippen LogP contribution in [0.25, 0.3) is 16.9 Å². The Morgan fingerprint density at radius 2 is 1.62 bits per heavy atom. The number of aliphatic hydroxyl groups excluding tert-OH is 3. The van der Waals surface area contributed by atoms with Crippen LogP contribution in [0.3, 0.4) is 0 Å². The second kappa shape index (κ2) is 9.59. The summed E-state index contributed by atoms with van der Waals surface area (Å²) in [4.78, 5) is 3.96. The fourth-order valence-electron chi connectivity index (χ4n) is 4.19. The Hall–Kier alpha value is -3.79. The van der Waals surface area contributed by atoms with Crippen LogP contribution >= 0.6 is 0 Å². The average Bonchev–Trinajstić information content (AvgIpc) is 3.53. The van der Waals surface area contributed by atoms with Crippen molar-refractivity contribution < 1.29 is 42.0 Å². The molecule has 5 rings (SSSR count). The number of aliphatic hydroxyl groups is 3. The third-order valence-corrected chi connectivity index (χ3v) is 5.97. The Kier molecular flexibility index (Phi) is 6.45. The van der Waals surface area contributed by atoms with Crippen LogP contribution in [0.5, 0.6) is 0 Å². The molecule has 0 amide bonds. The van der Waals surface area contributed by atoms with Gasteiger partial charge in [0, 0.05) is 5.56 Å². The summed E-state index contributed by atoms with van der Waals surface area (Å²) in [5.74, 6) is -6.81. The van der Waals surface area contributed by atoms with Crippen molar-refractivity contribution in [1.29, 1.82) is 0 Å². The fourth-order valence-corrected chi connectivity index (χ4v) is 4.19. The van der Waals surface area contributed by atoms with Gasteiger partial charge in [-0.15, -0.1) is 5.10 Å². The standard InChI is InChI=1S/C22H17F5N6O4/c23-10-2-1-3-11(24)17(10)33-22(28-8-29-33)21-20(36)18(19(35)15(7-34)37-21)32-6-14(30-31-32)9-4-12(25)16(27)13(26)5-9/h1-6,8,15,18-21,34-36H,7H2/t15-,18+,19+,20-,21-/m1/s1. The van der Waals surface area contributed by atoms with Crippen LogP contribution in [0.4, 0.5) is 22.0 Å². The molecule has 10 nitrogen and oxygen atoms in total. The second-order valence-corrected chi connectivity index (χ2v) is 8.19. The van der Waals surface area contributed by atoms with Gasteiger partial charge in [0.25, 0.3) is 0 Å². The van der Waals surface area contributed by atoms with E-state index in [1.54, 1.807) is 0 Å². The number of aromatic nitrogens is 6. The highest BCUT2D eigenvalue weighted by atomic mass is 19.2. The molecule has 1 saturated heterocycles. The molecule has 3 heterocycles. The van der Waals surface area contributed by atoms with E-state index in [0.717, 1.165) is 40.1 Å². The number of hydrogen-bond donors (Lipinski definition) is 3. The van der Waals surface area contributed by atoms with Gasteiger partial charge in [-0.2, -0.15) is 5.10 Å². The molecule has 2 aromatic heterocycles. The summed E-state index contributed by atoms with van der Waals surface area (Å²) < 4.78 is 76.9. The summed E-state index contributed by atoms with van der Waals surface area (Å²) >= 11 is 0. The highest BCUT2D eigenvalue weighted by Gasteiger charge is 2.48. The number of nitrogens with zero attached hydrogens (tertiary/aromatic N) is 6. The van der Waals surface area contributed by atoms with Crippen LogP contribution in [0.1, 0.15) is 18.0 Å². The number of para-hydroxylation sites is 1. The lowest BCUT2D eigenvalue weighted by Crippen LogP contribution is -2.53. The number of hydrogen-bond acceptors (Lipinski definition) is 8. The highest BCUT2D eigenvalue weighted by Crippen LogP contribution is 2.38. The van der Waals surface area contributed by atoms with E-state index in [1.165, 1.54) is 0 Å². The molecule has 1 aliphatic heterocycles. The zero-order valence-electron chi connectivity index (χ0n) is 18.5. The topological polar surface area (TPSA) is 131 Å². The maximum absolute atomic E-state index is 14.4. The number of rotatable bonds is 5. The van der Waals surface area contributed by atoms with Crippen molar-refractivity contribution in [2.45, 2.75) is 30.5 Å². The van der Waals surface area contributed by atoms with Crippen LogP contribution in [-0.2, 0) is 4.74 Å². The van der Waals surface area contributed by atoms with E-state index in [-0.39, 0.29) is 17.1 Å². The minimum atomic E-state index is -1.70. The maximum atomic E-state index is 14.4. The van der Waals surface area contributed by atoms with Crippen molar-refractivity contribution in [3.63, 3.8) is 0 Å². The third kappa shape index (κ3) is 4.25. The van der Waals surface area contributed by atoms with E-state index in [0.29, 0.717) is 12.1 Å². The molecule has 0 bridgehead atoms. The summed E-state index contributed by atoms with van der Waals surface area (Å²) in [6.07, 6.45) is -4.01. The van der Waals surface area contributed by atoms with E-state index in [2.05, 4.69) is 20.4 Å². The quantitative estimate of drug-likeness (QED) is 0.265. The molecular formula is C22H17F5N6O4. The molecule has 5 atom stereocenters. The molecule has 15 heteroatoms. The molecule has 0 unspecified atom stereocenters. The highest BCUT2D eigenvalue weighted by molar-refractivity contribution is 5.58. The van der Waals surface area contributed by atoms with Gasteiger partial charge in [0.2, 0.25) is 0 Å². The van der Waals surface area contributed by atoms with Crippen molar-refractivity contribution >= 4 is 0 Å². The van der Waals surface area contributed by atoms with Gasteiger partial charge < -0.3 is 20.1 Å². The van der Waals surface area contributed by atoms with E-state index in [1.807, 2.05) is 0 Å².